The Labute approximate surface area is 305 Å². The molecule has 2 aromatic rings. The average molecular weight is 722 g/mol. The summed E-state index contributed by atoms with van der Waals surface area (Å²) < 4.78 is 30.2. The maximum Gasteiger partial charge on any atom is 0.262 e. The maximum absolute atomic E-state index is 14.0. The molecule has 2 fully saturated rings. The molecular weight excluding hydrogens is 666 g/mol. The van der Waals surface area contributed by atoms with E-state index >= 15 is 0 Å². The van der Waals surface area contributed by atoms with Crippen molar-refractivity contribution in [1.82, 2.24) is 9.62 Å². The van der Waals surface area contributed by atoms with E-state index in [0.717, 1.165) is 94.1 Å². The van der Waals surface area contributed by atoms with Crippen molar-refractivity contribution in [3.05, 3.63) is 70.3 Å². The highest BCUT2D eigenvalue weighted by molar-refractivity contribution is 7.99. The number of halogens is 1. The highest BCUT2D eigenvalue weighted by Crippen LogP contribution is 2.50. The first-order valence-corrected chi connectivity index (χ1v) is 21.1. The van der Waals surface area contributed by atoms with Gasteiger partial charge in [-0.1, -0.05) is 43.2 Å². The summed E-state index contributed by atoms with van der Waals surface area (Å²) >= 11 is 6.51. The standard InChI is InChI=1S/C41H56ClN3O4S/c1-29-10-8-19-41(48-3,20-23-44-21-6-5-7-22-44)36-15-12-33(36)26-45-27-40(18-9-11-31-24-34(42)14-16-35(31)40)28-49-38-17-13-32(25-37(38)45)39(46)43-50(4,47)30(29)2/h8,13-14,16-17,19,24-25,29-30,33,36H,4-7,9-12,15,18,20-23,26-28H2,1-3H3,(H,43,46,47)/b19-8+/t29-,30+,33-,36+,40-,41+,50?/m0/s1. The number of anilines is 1. The summed E-state index contributed by atoms with van der Waals surface area (Å²) in [5.74, 6) is 5.33. The Morgan fingerprint density at radius 2 is 1.92 bits per heavy atom. The first-order valence-electron chi connectivity index (χ1n) is 19.0. The van der Waals surface area contributed by atoms with E-state index in [1.54, 1.807) is 6.07 Å². The number of piperidine rings is 1. The largest absolute Gasteiger partial charge is 0.490 e. The van der Waals surface area contributed by atoms with Crippen LogP contribution in [0.2, 0.25) is 5.02 Å². The average Bonchev–Trinajstić information content (AvgIpc) is 3.25. The summed E-state index contributed by atoms with van der Waals surface area (Å²) in [4.78, 5) is 18.9. The number of fused-ring (bicyclic) bond motifs is 4. The molecule has 1 spiro atoms. The molecule has 9 heteroatoms. The molecule has 7 atom stereocenters. The van der Waals surface area contributed by atoms with E-state index in [1.807, 2.05) is 32.2 Å². The minimum absolute atomic E-state index is 0.0543. The topological polar surface area (TPSA) is 71.1 Å². The van der Waals surface area contributed by atoms with Crippen molar-refractivity contribution in [3.63, 3.8) is 0 Å². The number of hydrogen-bond donors (Lipinski definition) is 1. The Morgan fingerprint density at radius 1 is 1.10 bits per heavy atom. The number of hydrogen-bond acceptors (Lipinski definition) is 6. The van der Waals surface area contributed by atoms with E-state index in [1.165, 1.54) is 30.4 Å². The van der Waals surface area contributed by atoms with Crippen LogP contribution in [0.4, 0.5) is 5.69 Å². The predicted molar refractivity (Wildman–Crippen MR) is 206 cm³/mol. The molecule has 1 amide bonds. The lowest BCUT2D eigenvalue weighted by atomic mass is 9.62. The zero-order valence-electron chi connectivity index (χ0n) is 30.3. The third-order valence-electron chi connectivity index (χ3n) is 13.0. The fraction of sp³-hybridized carbons (Fsp3) is 0.610. The molecule has 272 valence electrons. The lowest BCUT2D eigenvalue weighted by Crippen LogP contribution is -2.54. The molecule has 1 saturated carbocycles. The third kappa shape index (κ3) is 6.99. The fourth-order valence-corrected chi connectivity index (χ4v) is 11.2. The number of nitrogens with one attached hydrogen (secondary N) is 1. The molecule has 50 heavy (non-hydrogen) atoms. The number of rotatable bonds is 4. The lowest BCUT2D eigenvalue weighted by molar-refractivity contribution is -0.0841. The van der Waals surface area contributed by atoms with E-state index in [-0.39, 0.29) is 28.1 Å². The zero-order chi connectivity index (χ0) is 35.1. The highest BCUT2D eigenvalue weighted by atomic mass is 35.5. The van der Waals surface area contributed by atoms with Crippen molar-refractivity contribution in [2.24, 2.45) is 17.8 Å². The van der Waals surface area contributed by atoms with Crippen LogP contribution < -0.4 is 14.4 Å². The van der Waals surface area contributed by atoms with Gasteiger partial charge in [-0.25, -0.2) is 4.21 Å². The van der Waals surface area contributed by atoms with Gasteiger partial charge in [0.15, 0.2) is 0 Å². The molecule has 7 rings (SSSR count). The molecule has 7 nitrogen and oxygen atoms in total. The molecule has 0 radical (unpaired) electrons. The van der Waals surface area contributed by atoms with Crippen LogP contribution in [0.3, 0.4) is 0 Å². The minimum Gasteiger partial charge on any atom is -0.490 e. The third-order valence-corrected chi connectivity index (χ3v) is 15.5. The van der Waals surface area contributed by atoms with E-state index in [2.05, 4.69) is 51.6 Å². The molecule has 1 saturated heterocycles. The zero-order valence-corrected chi connectivity index (χ0v) is 31.8. The number of carbonyl (C=O) groups is 1. The van der Waals surface area contributed by atoms with Gasteiger partial charge in [0.2, 0.25) is 0 Å². The van der Waals surface area contributed by atoms with E-state index < -0.39 is 9.71 Å². The van der Waals surface area contributed by atoms with Crippen LogP contribution in [-0.4, -0.2) is 78.2 Å². The van der Waals surface area contributed by atoms with Gasteiger partial charge in [0.1, 0.15) is 5.75 Å². The second-order valence-corrected chi connectivity index (χ2v) is 18.9. The van der Waals surface area contributed by atoms with Crippen LogP contribution in [0.25, 0.3) is 0 Å². The molecule has 5 aliphatic rings. The first kappa shape index (κ1) is 35.9. The normalized spacial score (nSPS) is 35.5. The Kier molecular flexibility index (Phi) is 10.4. The van der Waals surface area contributed by atoms with Crippen LogP contribution in [0.15, 0.2) is 48.6 Å². The smallest absolute Gasteiger partial charge is 0.262 e. The van der Waals surface area contributed by atoms with E-state index in [0.29, 0.717) is 24.0 Å². The van der Waals surface area contributed by atoms with Gasteiger partial charge in [0.25, 0.3) is 5.91 Å². The Balaban J connectivity index is 1.30. The quantitative estimate of drug-likeness (QED) is 0.262. The lowest BCUT2D eigenvalue weighted by Gasteiger charge is -2.51. The van der Waals surface area contributed by atoms with Crippen molar-refractivity contribution >= 4 is 38.8 Å². The van der Waals surface area contributed by atoms with Crippen LogP contribution in [-0.2, 0) is 26.3 Å². The van der Waals surface area contributed by atoms with Gasteiger partial charge < -0.3 is 19.3 Å². The number of nitrogens with zero attached hydrogens (tertiary/aromatic N) is 2. The summed E-state index contributed by atoms with van der Waals surface area (Å²) in [6.45, 7) is 9.60. The molecular formula is C41H56ClN3O4S. The van der Waals surface area contributed by atoms with Crippen molar-refractivity contribution in [2.45, 2.75) is 94.3 Å². The van der Waals surface area contributed by atoms with Gasteiger partial charge in [0.05, 0.1) is 27.6 Å². The Bertz CT molecular complexity index is 1710. The molecule has 2 aliphatic carbocycles. The van der Waals surface area contributed by atoms with Crippen molar-refractivity contribution < 1.29 is 18.5 Å². The van der Waals surface area contributed by atoms with Gasteiger partial charge in [-0.2, -0.15) is 0 Å². The molecule has 0 aromatic heterocycles. The number of likely N-dealkylation sites (tertiary alicyclic amines) is 1. The number of carbonyl (C=O) groups excluding carboxylic acids is 1. The number of methoxy groups -OCH3 is 1. The summed E-state index contributed by atoms with van der Waals surface area (Å²) in [5.41, 5.74) is 3.44. The minimum atomic E-state index is -2.93. The van der Waals surface area contributed by atoms with Crippen molar-refractivity contribution in [3.8, 4) is 5.75 Å². The van der Waals surface area contributed by atoms with Crippen LogP contribution in [0.5, 0.6) is 5.75 Å². The predicted octanol–water partition coefficient (Wildman–Crippen LogP) is 7.45. The van der Waals surface area contributed by atoms with Gasteiger partial charge >= 0.3 is 0 Å². The molecule has 1 N–H and O–H groups in total. The summed E-state index contributed by atoms with van der Waals surface area (Å²) in [5, 5.41) is 0.460. The summed E-state index contributed by atoms with van der Waals surface area (Å²) in [7, 11) is -1.03. The fourth-order valence-electron chi connectivity index (χ4n) is 9.56. The van der Waals surface area contributed by atoms with E-state index in [9.17, 15) is 9.00 Å². The summed E-state index contributed by atoms with van der Waals surface area (Å²) in [6, 6.07) is 12.1. The van der Waals surface area contributed by atoms with Gasteiger partial charge in [-0.3, -0.25) is 9.52 Å². The number of ether oxygens (including phenoxy) is 2. The number of aryl methyl sites for hydroxylation is 1. The number of benzene rings is 2. The first-order chi connectivity index (χ1) is 24.0. The molecule has 1 unspecified atom stereocenters. The summed E-state index contributed by atoms with van der Waals surface area (Å²) in [6.07, 6.45) is 15.5. The highest BCUT2D eigenvalue weighted by Gasteiger charge is 2.49. The number of allylic oxidation sites excluding steroid dienone is 1. The van der Waals surface area contributed by atoms with Gasteiger partial charge in [-0.05, 0) is 143 Å². The molecule has 3 heterocycles. The van der Waals surface area contributed by atoms with Crippen LogP contribution >= 0.6 is 11.6 Å². The second-order valence-electron chi connectivity index (χ2n) is 16.0. The van der Waals surface area contributed by atoms with Gasteiger partial charge in [-0.15, -0.1) is 0 Å². The second kappa shape index (κ2) is 14.5. The monoisotopic (exact) mass is 721 g/mol. The van der Waals surface area contributed by atoms with Crippen molar-refractivity contribution in [1.29, 1.82) is 0 Å². The van der Waals surface area contributed by atoms with Crippen LogP contribution in [0, 0.1) is 17.8 Å². The van der Waals surface area contributed by atoms with Gasteiger partial charge in [0, 0.05) is 48.0 Å². The van der Waals surface area contributed by atoms with E-state index in [4.69, 9.17) is 21.1 Å². The molecule has 3 aliphatic heterocycles. The van der Waals surface area contributed by atoms with Crippen molar-refractivity contribution in [2.75, 3.05) is 51.3 Å². The molecule has 2 aromatic carbocycles. The Morgan fingerprint density at radius 3 is 2.68 bits per heavy atom. The number of amides is 1. The molecule has 2 bridgehead atoms. The van der Waals surface area contributed by atoms with Crippen LogP contribution in [0.1, 0.15) is 93.1 Å². The maximum atomic E-state index is 14.0. The SMILES string of the molecule is C=S1(=O)NC(=O)c2ccc3c(c2)N(C[C@@H]2CC[C@H]2[C@@](CCN2CCCCC2)(OC)/C=C/C[C@H](C)[C@H]1C)C[C@@]1(CCCc2cc(Cl)ccc21)CO3. The Hall–Kier alpha value is -2.52.